The Morgan fingerprint density at radius 2 is 2.19 bits per heavy atom. The van der Waals surface area contributed by atoms with Crippen LogP contribution in [0.3, 0.4) is 0 Å². The van der Waals surface area contributed by atoms with Gasteiger partial charge in [-0.1, -0.05) is 12.1 Å². The molecule has 3 heteroatoms. The van der Waals surface area contributed by atoms with E-state index in [0.717, 1.165) is 5.92 Å². The smallest absolute Gasteiger partial charge is 0.0552 e. The molecule has 1 aromatic heterocycles. The Hall–Kier alpha value is -0.930. The summed E-state index contributed by atoms with van der Waals surface area (Å²) in [6, 6.07) is 6.78. The number of rotatable bonds is 2. The lowest BCUT2D eigenvalue weighted by atomic mass is 9.91. The van der Waals surface area contributed by atoms with Crippen molar-refractivity contribution in [3.05, 3.63) is 30.0 Å². The Labute approximate surface area is 99.8 Å². The fourth-order valence-electron chi connectivity index (χ4n) is 2.45. The van der Waals surface area contributed by atoms with Gasteiger partial charge < -0.3 is 5.32 Å². The molecule has 0 saturated carbocycles. The molecule has 0 radical (unpaired) electrons. The molecule has 1 N–H and O–H groups in total. The normalized spacial score (nSPS) is 18.0. The van der Waals surface area contributed by atoms with Gasteiger partial charge in [0, 0.05) is 11.6 Å². The average Bonchev–Trinajstić information content (AvgIpc) is 2.77. The van der Waals surface area contributed by atoms with Crippen LogP contribution in [0.25, 0.3) is 10.1 Å². The first kappa shape index (κ1) is 10.2. The lowest BCUT2D eigenvalue weighted by Gasteiger charge is -2.22. The minimum atomic E-state index is 0.867. The summed E-state index contributed by atoms with van der Waals surface area (Å²) in [6.45, 7) is 2.38. The van der Waals surface area contributed by atoms with E-state index in [9.17, 15) is 0 Å². The minimum Gasteiger partial charge on any atom is -0.317 e. The molecule has 0 atom stereocenters. The van der Waals surface area contributed by atoms with Crippen LogP contribution in [0.2, 0.25) is 0 Å². The third-order valence-corrected chi connectivity index (χ3v) is 4.16. The largest absolute Gasteiger partial charge is 0.317 e. The van der Waals surface area contributed by atoms with Crippen LogP contribution in [-0.2, 0) is 6.42 Å². The fourth-order valence-corrected chi connectivity index (χ4v) is 3.16. The van der Waals surface area contributed by atoms with Gasteiger partial charge >= 0.3 is 0 Å². The monoisotopic (exact) mass is 232 g/mol. The Kier molecular flexibility index (Phi) is 2.89. The summed E-state index contributed by atoms with van der Waals surface area (Å²) >= 11 is 1.60. The molecule has 0 bridgehead atoms. The summed E-state index contributed by atoms with van der Waals surface area (Å²) < 4.78 is 5.55. The van der Waals surface area contributed by atoms with E-state index >= 15 is 0 Å². The molecule has 1 aromatic carbocycles. The molecule has 2 aromatic rings. The summed E-state index contributed by atoms with van der Waals surface area (Å²) in [6.07, 6.45) is 5.82. The van der Waals surface area contributed by atoms with Crippen molar-refractivity contribution in [1.29, 1.82) is 0 Å². The van der Waals surface area contributed by atoms with E-state index in [4.69, 9.17) is 0 Å². The minimum absolute atomic E-state index is 0.867. The summed E-state index contributed by atoms with van der Waals surface area (Å²) in [7, 11) is 0. The number of aromatic nitrogens is 1. The van der Waals surface area contributed by atoms with E-state index in [0.29, 0.717) is 0 Å². The van der Waals surface area contributed by atoms with E-state index in [1.807, 2.05) is 6.20 Å². The Morgan fingerprint density at radius 3 is 3.06 bits per heavy atom. The highest BCUT2D eigenvalue weighted by molar-refractivity contribution is 7.13. The molecular formula is C13H16N2S. The van der Waals surface area contributed by atoms with Gasteiger partial charge in [-0.15, -0.1) is 0 Å². The van der Waals surface area contributed by atoms with E-state index < -0.39 is 0 Å². The van der Waals surface area contributed by atoms with Crippen molar-refractivity contribution in [2.24, 2.45) is 5.92 Å². The number of nitrogens with zero attached hydrogens (tertiary/aromatic N) is 1. The summed E-state index contributed by atoms with van der Waals surface area (Å²) in [5.41, 5.74) is 1.48. The van der Waals surface area contributed by atoms with Crippen LogP contribution in [0.4, 0.5) is 0 Å². The maximum Gasteiger partial charge on any atom is 0.0552 e. The van der Waals surface area contributed by atoms with Gasteiger partial charge in [0.25, 0.3) is 0 Å². The molecule has 84 valence electrons. The first-order chi connectivity index (χ1) is 7.92. The van der Waals surface area contributed by atoms with Crippen molar-refractivity contribution in [2.75, 3.05) is 13.1 Å². The molecular weight excluding hydrogens is 216 g/mol. The summed E-state index contributed by atoms with van der Waals surface area (Å²) in [5, 5.41) is 4.69. The van der Waals surface area contributed by atoms with Gasteiger partial charge in [-0.25, -0.2) is 0 Å². The second kappa shape index (κ2) is 4.52. The quantitative estimate of drug-likeness (QED) is 0.861. The zero-order chi connectivity index (χ0) is 10.8. The number of piperidine rings is 1. The molecule has 1 saturated heterocycles. The van der Waals surface area contributed by atoms with Crippen molar-refractivity contribution in [1.82, 2.24) is 9.69 Å². The van der Waals surface area contributed by atoms with Crippen LogP contribution < -0.4 is 5.32 Å². The Balaban J connectivity index is 1.77. The van der Waals surface area contributed by atoms with Gasteiger partial charge in [0.15, 0.2) is 0 Å². The van der Waals surface area contributed by atoms with Crippen LogP contribution in [0.15, 0.2) is 24.4 Å². The number of nitrogens with one attached hydrogen (secondary N) is 1. The summed E-state index contributed by atoms with van der Waals surface area (Å²) in [4.78, 5) is 0. The second-order valence-electron chi connectivity index (χ2n) is 4.60. The van der Waals surface area contributed by atoms with Gasteiger partial charge in [-0.3, -0.25) is 0 Å². The van der Waals surface area contributed by atoms with Crippen molar-refractivity contribution >= 4 is 21.6 Å². The zero-order valence-corrected chi connectivity index (χ0v) is 10.1. The van der Waals surface area contributed by atoms with Crippen LogP contribution >= 0.6 is 11.5 Å². The van der Waals surface area contributed by atoms with Crippen molar-refractivity contribution in [3.8, 4) is 0 Å². The second-order valence-corrected chi connectivity index (χ2v) is 5.43. The average molecular weight is 232 g/mol. The van der Waals surface area contributed by atoms with Gasteiger partial charge in [0.1, 0.15) is 0 Å². The van der Waals surface area contributed by atoms with Crippen LogP contribution in [0.5, 0.6) is 0 Å². The third kappa shape index (κ3) is 2.11. The van der Waals surface area contributed by atoms with E-state index in [2.05, 4.69) is 27.9 Å². The molecule has 0 aliphatic carbocycles. The molecule has 1 fully saturated rings. The van der Waals surface area contributed by atoms with E-state index in [1.165, 1.54) is 48.0 Å². The van der Waals surface area contributed by atoms with Crippen molar-refractivity contribution in [3.63, 3.8) is 0 Å². The lowest BCUT2D eigenvalue weighted by Crippen LogP contribution is -2.28. The van der Waals surface area contributed by atoms with Gasteiger partial charge in [0.2, 0.25) is 0 Å². The third-order valence-electron chi connectivity index (χ3n) is 3.40. The van der Waals surface area contributed by atoms with E-state index in [-0.39, 0.29) is 0 Å². The summed E-state index contributed by atoms with van der Waals surface area (Å²) in [5.74, 6) is 0.867. The van der Waals surface area contributed by atoms with E-state index in [1.54, 1.807) is 11.5 Å². The van der Waals surface area contributed by atoms with Gasteiger partial charge in [0.05, 0.1) is 4.70 Å². The van der Waals surface area contributed by atoms with Crippen molar-refractivity contribution in [2.45, 2.75) is 19.3 Å². The molecule has 0 spiro atoms. The Bertz CT molecular complexity index is 471. The number of hydrogen-bond acceptors (Lipinski definition) is 3. The number of benzene rings is 1. The van der Waals surface area contributed by atoms with Crippen LogP contribution in [-0.4, -0.2) is 17.5 Å². The van der Waals surface area contributed by atoms with Crippen LogP contribution in [0, 0.1) is 5.92 Å². The first-order valence-corrected chi connectivity index (χ1v) is 6.73. The molecule has 0 amide bonds. The lowest BCUT2D eigenvalue weighted by molar-refractivity contribution is 0.373. The molecule has 0 unspecified atom stereocenters. The standard InChI is InChI=1S/C13H16N2S/c1-2-12-9-15-16-13(12)8-11(1)7-10-3-5-14-6-4-10/h1-2,8-10,14H,3-7H2. The zero-order valence-electron chi connectivity index (χ0n) is 9.28. The molecule has 16 heavy (non-hydrogen) atoms. The predicted molar refractivity (Wildman–Crippen MR) is 68.9 cm³/mol. The SMILES string of the molecule is c1cc2cnsc2cc1CC1CCNCC1. The van der Waals surface area contributed by atoms with Gasteiger partial charge in [-0.2, -0.15) is 4.37 Å². The molecule has 1 aliphatic rings. The van der Waals surface area contributed by atoms with Crippen molar-refractivity contribution < 1.29 is 0 Å². The highest BCUT2D eigenvalue weighted by Gasteiger charge is 2.13. The van der Waals surface area contributed by atoms with Gasteiger partial charge in [-0.05, 0) is 61.4 Å². The predicted octanol–water partition coefficient (Wildman–Crippen LogP) is 2.84. The molecule has 3 rings (SSSR count). The topological polar surface area (TPSA) is 24.9 Å². The fraction of sp³-hybridized carbons (Fsp3) is 0.462. The molecule has 2 nitrogen and oxygen atoms in total. The maximum atomic E-state index is 4.22. The highest BCUT2D eigenvalue weighted by Crippen LogP contribution is 2.23. The maximum absolute atomic E-state index is 4.22. The molecule has 1 aliphatic heterocycles. The number of hydrogen-bond donors (Lipinski definition) is 1. The highest BCUT2D eigenvalue weighted by atomic mass is 32.1. The van der Waals surface area contributed by atoms with Crippen LogP contribution in [0.1, 0.15) is 18.4 Å². The molecule has 2 heterocycles. The first-order valence-electron chi connectivity index (χ1n) is 5.96. The number of fused-ring (bicyclic) bond motifs is 1. The Morgan fingerprint density at radius 1 is 1.31 bits per heavy atom.